The highest BCUT2D eigenvalue weighted by Crippen LogP contribution is 2.50. The molecular formula is C33H46O20. The Morgan fingerprint density at radius 2 is 1.28 bits per heavy atom. The normalized spacial score (nSPS) is 47.7. The predicted octanol–water partition coefficient (Wildman–Crippen LogP) is -4.87. The number of allylic oxidation sites excluding steroid dienone is 1. The van der Waals surface area contributed by atoms with Crippen molar-refractivity contribution in [3.63, 3.8) is 0 Å². The van der Waals surface area contributed by atoms with Crippen LogP contribution in [0.4, 0.5) is 0 Å². The SMILES string of the molecule is COC(=O)C1=CO[C@@H](O[C@@H]2O[C@H](CO)[C@H](O)[C@H](O)[C@H]2O)[C@H]2[C@@H]1C=C[C@@]2(O)COC(=O)C1=CO[C@@H](O[C@@H]2O[C@H](CO)[C@H](O)[C@H](O)[C@H]2O)[C@H]2[C@@H]1CC[C@]2(C)O. The van der Waals surface area contributed by atoms with Crippen molar-refractivity contribution in [1.82, 2.24) is 0 Å². The summed E-state index contributed by atoms with van der Waals surface area (Å²) in [5.74, 6) is -5.65. The number of rotatable bonds is 10. The number of hydrogen-bond acceptors (Lipinski definition) is 20. The fraction of sp³-hybridized carbons (Fsp3) is 0.758. The van der Waals surface area contributed by atoms with Crippen molar-refractivity contribution in [2.45, 2.75) is 105 Å². The van der Waals surface area contributed by atoms with Crippen LogP contribution in [0, 0.1) is 23.7 Å². The van der Waals surface area contributed by atoms with E-state index in [2.05, 4.69) is 0 Å². The van der Waals surface area contributed by atoms with E-state index in [1.165, 1.54) is 19.1 Å². The third kappa shape index (κ3) is 7.22. The van der Waals surface area contributed by atoms with E-state index in [1.807, 2.05) is 0 Å². The van der Waals surface area contributed by atoms with Crippen molar-refractivity contribution in [2.24, 2.45) is 23.7 Å². The summed E-state index contributed by atoms with van der Waals surface area (Å²) < 4.78 is 44.3. The third-order valence-corrected chi connectivity index (χ3v) is 11.0. The fourth-order valence-electron chi connectivity index (χ4n) is 7.96. The van der Waals surface area contributed by atoms with Gasteiger partial charge < -0.3 is 89.0 Å². The molecule has 0 amide bonds. The first-order chi connectivity index (χ1) is 25.1. The Kier molecular flexibility index (Phi) is 11.6. The minimum Gasteiger partial charge on any atom is -0.471 e. The second-order valence-corrected chi connectivity index (χ2v) is 14.3. The highest BCUT2D eigenvalue weighted by molar-refractivity contribution is 5.90. The second-order valence-electron chi connectivity index (χ2n) is 14.3. The molecule has 0 aromatic rings. The second kappa shape index (κ2) is 15.4. The molecule has 0 spiro atoms. The van der Waals surface area contributed by atoms with Crippen LogP contribution in [0.1, 0.15) is 19.8 Å². The zero-order chi connectivity index (χ0) is 38.6. The maximum absolute atomic E-state index is 13.7. The van der Waals surface area contributed by atoms with Gasteiger partial charge in [0.15, 0.2) is 12.6 Å². The topological polar surface area (TPSA) is 310 Å². The number of hydrogen-bond donors (Lipinski definition) is 10. The molecule has 2 aliphatic carbocycles. The summed E-state index contributed by atoms with van der Waals surface area (Å²) in [6, 6.07) is 0. The third-order valence-electron chi connectivity index (χ3n) is 11.0. The van der Waals surface area contributed by atoms with E-state index < -0.39 is 141 Å². The molecule has 4 heterocycles. The Morgan fingerprint density at radius 3 is 1.81 bits per heavy atom. The first-order valence-corrected chi connectivity index (χ1v) is 17.1. The van der Waals surface area contributed by atoms with Gasteiger partial charge in [0.25, 0.3) is 0 Å². The number of fused-ring (bicyclic) bond motifs is 2. The molecular weight excluding hydrogens is 716 g/mol. The maximum Gasteiger partial charge on any atom is 0.337 e. The van der Waals surface area contributed by atoms with Gasteiger partial charge in [-0.05, 0) is 19.8 Å². The molecule has 6 aliphatic rings. The van der Waals surface area contributed by atoms with E-state index in [1.54, 1.807) is 0 Å². The lowest BCUT2D eigenvalue weighted by molar-refractivity contribution is -0.347. The molecule has 0 radical (unpaired) electrons. The molecule has 18 atom stereocenters. The van der Waals surface area contributed by atoms with Crippen molar-refractivity contribution in [1.29, 1.82) is 0 Å². The first-order valence-electron chi connectivity index (χ1n) is 17.1. The van der Waals surface area contributed by atoms with Crippen LogP contribution >= 0.6 is 0 Å². The minimum absolute atomic E-state index is 0.0329. The Labute approximate surface area is 301 Å². The van der Waals surface area contributed by atoms with Crippen LogP contribution in [-0.4, -0.2) is 175 Å². The molecule has 20 heteroatoms. The summed E-state index contributed by atoms with van der Waals surface area (Å²) in [6.45, 7) is -0.693. The van der Waals surface area contributed by atoms with Crippen molar-refractivity contribution < 1.29 is 98.5 Å². The van der Waals surface area contributed by atoms with Crippen molar-refractivity contribution >= 4 is 11.9 Å². The van der Waals surface area contributed by atoms with Crippen molar-refractivity contribution in [2.75, 3.05) is 26.9 Å². The number of methoxy groups -OCH3 is 1. The number of ether oxygens (including phenoxy) is 8. The van der Waals surface area contributed by atoms with Crippen LogP contribution in [-0.2, 0) is 47.5 Å². The number of aliphatic hydroxyl groups excluding tert-OH is 8. The summed E-state index contributed by atoms with van der Waals surface area (Å²) in [4.78, 5) is 26.3. The van der Waals surface area contributed by atoms with Gasteiger partial charge in [-0.1, -0.05) is 12.2 Å². The number of aliphatic hydroxyl groups is 10. The zero-order valence-corrected chi connectivity index (χ0v) is 28.6. The smallest absolute Gasteiger partial charge is 0.337 e. The molecule has 20 nitrogen and oxygen atoms in total. The van der Waals surface area contributed by atoms with Gasteiger partial charge in [0.2, 0.25) is 12.6 Å². The van der Waals surface area contributed by atoms with Crippen LogP contribution in [0.3, 0.4) is 0 Å². The first kappa shape index (κ1) is 39.9. The Balaban J connectivity index is 1.19. The highest BCUT2D eigenvalue weighted by Gasteiger charge is 2.58. The molecule has 1 saturated carbocycles. The summed E-state index contributed by atoms with van der Waals surface area (Å²) in [6.07, 6.45) is -13.9. The Bertz CT molecular complexity index is 1440. The van der Waals surface area contributed by atoms with Crippen LogP contribution in [0.15, 0.2) is 35.8 Å². The lowest BCUT2D eigenvalue weighted by atomic mass is 9.79. The van der Waals surface area contributed by atoms with Crippen molar-refractivity contribution in [3.8, 4) is 0 Å². The van der Waals surface area contributed by atoms with Gasteiger partial charge in [-0.3, -0.25) is 0 Å². The number of carbonyl (C=O) groups is 2. The Hall–Kier alpha value is -2.80. The van der Waals surface area contributed by atoms with Crippen LogP contribution in [0.25, 0.3) is 0 Å². The number of carbonyl (C=O) groups excluding carboxylic acids is 2. The standard InChI is InChI=1S/C33H46O20/c1-32(44)5-3-12-15(10-47-28(18(12)32)52-30-24(40)22(38)20(36)16(7-34)50-30)27(43)49-11-33(45)6-4-13-14(26(42)46-2)9-48-29(19(13)33)53-31-25(41)23(39)21(37)17(8-35)51-31/h4,6,9-10,12-13,16-25,28-31,34-41,44-45H,3,5,7-8,11H2,1-2H3/t12-,13-,16-,17-,18-,19-,20+,21+,22+,23+,24-,25-,28+,29+,30+,31+,32+,33-/m1/s1. The fourth-order valence-corrected chi connectivity index (χ4v) is 7.96. The van der Waals surface area contributed by atoms with E-state index in [4.69, 9.17) is 37.9 Å². The van der Waals surface area contributed by atoms with Crippen LogP contribution in [0.2, 0.25) is 0 Å². The van der Waals surface area contributed by atoms with E-state index in [0.717, 1.165) is 19.6 Å². The quantitative estimate of drug-likeness (QED) is 0.0737. The van der Waals surface area contributed by atoms with E-state index >= 15 is 0 Å². The molecule has 53 heavy (non-hydrogen) atoms. The lowest BCUT2D eigenvalue weighted by Gasteiger charge is -2.45. The molecule has 0 unspecified atom stereocenters. The van der Waals surface area contributed by atoms with Gasteiger partial charge in [0.05, 0.1) is 61.4 Å². The molecule has 6 rings (SSSR count). The molecule has 0 aromatic heterocycles. The van der Waals surface area contributed by atoms with Gasteiger partial charge in [0.1, 0.15) is 61.0 Å². The highest BCUT2D eigenvalue weighted by atomic mass is 16.8. The molecule has 10 N–H and O–H groups in total. The van der Waals surface area contributed by atoms with Crippen LogP contribution in [0.5, 0.6) is 0 Å². The molecule has 3 fully saturated rings. The van der Waals surface area contributed by atoms with Gasteiger partial charge >= 0.3 is 11.9 Å². The number of esters is 2. The molecule has 0 aromatic carbocycles. The maximum atomic E-state index is 13.7. The molecule has 298 valence electrons. The predicted molar refractivity (Wildman–Crippen MR) is 166 cm³/mol. The largest absolute Gasteiger partial charge is 0.471 e. The lowest BCUT2D eigenvalue weighted by Crippen LogP contribution is -2.61. The Morgan fingerprint density at radius 1 is 0.755 bits per heavy atom. The zero-order valence-electron chi connectivity index (χ0n) is 28.6. The summed E-state index contributed by atoms with van der Waals surface area (Å²) >= 11 is 0. The van der Waals surface area contributed by atoms with E-state index in [-0.39, 0.29) is 24.0 Å². The van der Waals surface area contributed by atoms with Gasteiger partial charge in [0, 0.05) is 11.8 Å². The summed E-state index contributed by atoms with van der Waals surface area (Å²) in [7, 11) is 1.13. The van der Waals surface area contributed by atoms with Gasteiger partial charge in [-0.15, -0.1) is 0 Å². The van der Waals surface area contributed by atoms with Crippen molar-refractivity contribution in [3.05, 3.63) is 35.8 Å². The monoisotopic (exact) mass is 762 g/mol. The van der Waals surface area contributed by atoms with Gasteiger partial charge in [-0.2, -0.15) is 0 Å². The average molecular weight is 763 g/mol. The van der Waals surface area contributed by atoms with E-state index in [0.29, 0.717) is 0 Å². The van der Waals surface area contributed by atoms with E-state index in [9.17, 15) is 60.7 Å². The molecule has 4 aliphatic heterocycles. The minimum atomic E-state index is -2.10. The van der Waals surface area contributed by atoms with Gasteiger partial charge in [-0.25, -0.2) is 9.59 Å². The average Bonchev–Trinajstić information content (AvgIpc) is 3.67. The summed E-state index contributed by atoms with van der Waals surface area (Å²) in [5.41, 5.74) is -3.64. The molecule has 2 saturated heterocycles. The molecule has 0 bridgehead atoms. The summed E-state index contributed by atoms with van der Waals surface area (Å²) in [5, 5.41) is 104. The van der Waals surface area contributed by atoms with Crippen LogP contribution < -0.4 is 0 Å².